The van der Waals surface area contributed by atoms with Crippen LogP contribution in [0, 0.1) is 0 Å². The van der Waals surface area contributed by atoms with Gasteiger partial charge in [-0.25, -0.2) is 0 Å². The van der Waals surface area contributed by atoms with Gasteiger partial charge < -0.3 is 5.32 Å². The predicted octanol–water partition coefficient (Wildman–Crippen LogP) is 3.30. The van der Waals surface area contributed by atoms with Gasteiger partial charge in [-0.2, -0.15) is 0 Å². The Morgan fingerprint density at radius 1 is 1.43 bits per heavy atom. The van der Waals surface area contributed by atoms with Crippen LogP contribution >= 0.6 is 0 Å². The fraction of sp³-hybridized carbons (Fsp3) is 0.231. The Bertz CT molecular complexity index is 337. The first kappa shape index (κ1) is 10.6. The molecule has 1 N–H and O–H groups in total. The van der Waals surface area contributed by atoms with E-state index in [9.17, 15) is 0 Å². The minimum Gasteiger partial charge on any atom is -0.383 e. The fourth-order valence-electron chi connectivity index (χ4n) is 1.29. The van der Waals surface area contributed by atoms with Gasteiger partial charge in [0, 0.05) is 11.7 Å². The molecule has 0 atom stereocenters. The molecule has 0 spiro atoms. The van der Waals surface area contributed by atoms with Crippen LogP contribution in [0.2, 0.25) is 0 Å². The maximum Gasteiger partial charge on any atom is 0.0342 e. The molecule has 0 saturated heterocycles. The molecule has 0 radical (unpaired) electrons. The second kappa shape index (κ2) is 4.66. The van der Waals surface area contributed by atoms with Crippen molar-refractivity contribution in [2.45, 2.75) is 19.9 Å². The van der Waals surface area contributed by atoms with Gasteiger partial charge >= 0.3 is 0 Å². The maximum atomic E-state index is 4.00. The summed E-state index contributed by atoms with van der Waals surface area (Å²) in [6.45, 7) is 11.9. The van der Waals surface area contributed by atoms with Gasteiger partial charge in [0.1, 0.15) is 0 Å². The van der Waals surface area contributed by atoms with E-state index in [-0.39, 0.29) is 0 Å². The van der Waals surface area contributed by atoms with Crippen LogP contribution in [0.1, 0.15) is 25.0 Å². The van der Waals surface area contributed by atoms with Crippen molar-refractivity contribution < 1.29 is 0 Å². The van der Waals surface area contributed by atoms with Gasteiger partial charge in [0.05, 0.1) is 0 Å². The van der Waals surface area contributed by atoms with Crippen molar-refractivity contribution >= 4 is 11.8 Å². The third-order valence-electron chi connectivity index (χ3n) is 1.93. The molecule has 0 aliphatic heterocycles. The Labute approximate surface area is 86.2 Å². The first-order valence-corrected chi connectivity index (χ1v) is 4.82. The summed E-state index contributed by atoms with van der Waals surface area (Å²) in [6.07, 6.45) is 1.84. The molecule has 0 amide bonds. The summed E-state index contributed by atoms with van der Waals surface area (Å²) < 4.78 is 0. The Balaban J connectivity index is 2.84. The van der Waals surface area contributed by atoms with E-state index < -0.39 is 0 Å². The normalized spacial score (nSPS) is 9.93. The Hall–Kier alpha value is -1.50. The lowest BCUT2D eigenvalue weighted by Gasteiger charge is -2.13. The van der Waals surface area contributed by atoms with E-state index in [0.29, 0.717) is 6.04 Å². The van der Waals surface area contributed by atoms with Crippen molar-refractivity contribution in [1.29, 1.82) is 0 Å². The minimum atomic E-state index is 0.412. The molecule has 0 aliphatic rings. The summed E-state index contributed by atoms with van der Waals surface area (Å²) in [5.74, 6) is 0. The number of nitrogens with one attached hydrogen (secondary N) is 1. The lowest BCUT2D eigenvalue weighted by Crippen LogP contribution is -2.20. The molecule has 0 heterocycles. The highest BCUT2D eigenvalue weighted by atomic mass is 14.9. The monoisotopic (exact) mass is 187 g/mol. The van der Waals surface area contributed by atoms with E-state index in [1.807, 2.05) is 24.3 Å². The quantitative estimate of drug-likeness (QED) is 0.762. The molecule has 1 aromatic rings. The molecule has 0 bridgehead atoms. The third-order valence-corrected chi connectivity index (χ3v) is 1.93. The zero-order chi connectivity index (χ0) is 10.6. The second-order valence-electron chi connectivity index (χ2n) is 3.61. The number of hydrogen-bond acceptors (Lipinski definition) is 1. The average Bonchev–Trinajstić information content (AvgIpc) is 2.17. The van der Waals surface area contributed by atoms with Crippen molar-refractivity contribution in [3.05, 3.63) is 48.6 Å². The number of hydrogen-bond donors (Lipinski definition) is 1. The SMILES string of the molecule is C=Cc1cccc(C(=C)NC(C)C)c1. The van der Waals surface area contributed by atoms with Crippen molar-refractivity contribution in [2.75, 3.05) is 0 Å². The van der Waals surface area contributed by atoms with Gasteiger partial charge in [0.25, 0.3) is 0 Å². The van der Waals surface area contributed by atoms with E-state index >= 15 is 0 Å². The molecule has 1 rings (SSSR count). The molecule has 0 saturated carbocycles. The molecule has 0 aromatic heterocycles. The van der Waals surface area contributed by atoms with Crippen LogP contribution in [-0.2, 0) is 0 Å². The first-order chi connectivity index (χ1) is 6.63. The zero-order valence-corrected chi connectivity index (χ0v) is 8.88. The molecule has 0 unspecified atom stereocenters. The summed E-state index contributed by atoms with van der Waals surface area (Å²) in [6, 6.07) is 8.57. The van der Waals surface area contributed by atoms with Crippen molar-refractivity contribution in [1.82, 2.24) is 5.32 Å². The molecule has 0 aliphatic carbocycles. The molecule has 1 nitrogen and oxygen atoms in total. The predicted molar refractivity (Wildman–Crippen MR) is 63.8 cm³/mol. The fourth-order valence-corrected chi connectivity index (χ4v) is 1.29. The topological polar surface area (TPSA) is 12.0 Å². The van der Waals surface area contributed by atoms with Crippen LogP contribution in [0.4, 0.5) is 0 Å². The van der Waals surface area contributed by atoms with Crippen molar-refractivity contribution in [3.63, 3.8) is 0 Å². The van der Waals surface area contributed by atoms with Gasteiger partial charge in [-0.1, -0.05) is 37.4 Å². The van der Waals surface area contributed by atoms with Gasteiger partial charge in [-0.05, 0) is 31.0 Å². The standard InChI is InChI=1S/C13H17N/c1-5-12-7-6-8-13(9-12)11(4)14-10(2)3/h5-10,14H,1,4H2,2-3H3. The largest absolute Gasteiger partial charge is 0.383 e. The van der Waals surface area contributed by atoms with Crippen molar-refractivity contribution in [2.24, 2.45) is 0 Å². The van der Waals surface area contributed by atoms with E-state index in [1.165, 1.54) is 0 Å². The number of rotatable bonds is 4. The average molecular weight is 187 g/mol. The maximum absolute atomic E-state index is 4.00. The minimum absolute atomic E-state index is 0.412. The van der Waals surface area contributed by atoms with E-state index in [4.69, 9.17) is 0 Å². The summed E-state index contributed by atoms with van der Waals surface area (Å²) in [4.78, 5) is 0. The molecule has 0 fully saturated rings. The first-order valence-electron chi connectivity index (χ1n) is 4.82. The van der Waals surface area contributed by atoms with Crippen LogP contribution in [0.25, 0.3) is 11.8 Å². The molecular weight excluding hydrogens is 170 g/mol. The van der Waals surface area contributed by atoms with E-state index in [2.05, 4.69) is 38.4 Å². The Morgan fingerprint density at radius 3 is 2.71 bits per heavy atom. The van der Waals surface area contributed by atoms with Gasteiger partial charge in [-0.15, -0.1) is 0 Å². The lowest BCUT2D eigenvalue weighted by molar-refractivity contribution is 0.718. The second-order valence-corrected chi connectivity index (χ2v) is 3.61. The highest BCUT2D eigenvalue weighted by Gasteiger charge is 1.99. The summed E-state index contributed by atoms with van der Waals surface area (Å²) in [5.41, 5.74) is 3.20. The molecule has 1 aromatic carbocycles. The highest BCUT2D eigenvalue weighted by Crippen LogP contribution is 2.13. The zero-order valence-electron chi connectivity index (χ0n) is 8.88. The van der Waals surface area contributed by atoms with Crippen LogP contribution in [0.5, 0.6) is 0 Å². The smallest absolute Gasteiger partial charge is 0.0342 e. The third kappa shape index (κ3) is 2.77. The summed E-state index contributed by atoms with van der Waals surface area (Å²) in [7, 11) is 0. The van der Waals surface area contributed by atoms with E-state index in [0.717, 1.165) is 16.8 Å². The van der Waals surface area contributed by atoms with Crippen LogP contribution in [0.15, 0.2) is 37.4 Å². The summed E-state index contributed by atoms with van der Waals surface area (Å²) in [5, 5.41) is 3.28. The Kier molecular flexibility index (Phi) is 3.52. The molecule has 74 valence electrons. The Morgan fingerprint density at radius 2 is 2.14 bits per heavy atom. The van der Waals surface area contributed by atoms with Crippen LogP contribution in [-0.4, -0.2) is 6.04 Å². The van der Waals surface area contributed by atoms with Crippen LogP contribution in [0.3, 0.4) is 0 Å². The van der Waals surface area contributed by atoms with Crippen molar-refractivity contribution in [3.8, 4) is 0 Å². The van der Waals surface area contributed by atoms with Gasteiger partial charge in [-0.3, -0.25) is 0 Å². The summed E-state index contributed by atoms with van der Waals surface area (Å²) >= 11 is 0. The van der Waals surface area contributed by atoms with Crippen LogP contribution < -0.4 is 5.32 Å². The van der Waals surface area contributed by atoms with Gasteiger partial charge in [0.15, 0.2) is 0 Å². The highest BCUT2D eigenvalue weighted by molar-refractivity contribution is 5.65. The number of benzene rings is 1. The molecular formula is C13H17N. The lowest BCUT2D eigenvalue weighted by atomic mass is 10.1. The molecule has 1 heteroatoms. The van der Waals surface area contributed by atoms with Gasteiger partial charge in [0.2, 0.25) is 0 Å². The molecule has 14 heavy (non-hydrogen) atoms. The van der Waals surface area contributed by atoms with E-state index in [1.54, 1.807) is 0 Å².